The average Bonchev–Trinajstić information content (AvgIpc) is 3.16. The Morgan fingerprint density at radius 3 is 1.17 bits per heavy atom. The van der Waals surface area contributed by atoms with Gasteiger partial charge in [0.15, 0.2) is 0 Å². The summed E-state index contributed by atoms with van der Waals surface area (Å²) in [6.45, 7) is 4.95. The Kier molecular flexibility index (Phi) is 41.8. The van der Waals surface area contributed by atoms with E-state index in [0.717, 1.165) is 122 Å². The zero-order valence-corrected chi connectivity index (χ0v) is 33.7. The van der Waals surface area contributed by atoms with E-state index >= 15 is 0 Å². The van der Waals surface area contributed by atoms with E-state index in [9.17, 15) is 9.90 Å². The summed E-state index contributed by atoms with van der Waals surface area (Å²) in [5.74, 6) is -0.247. The zero-order valence-electron chi connectivity index (χ0n) is 33.7. The number of esters is 1. The third kappa shape index (κ3) is 42.8. The Bertz CT molecular complexity index is 1130. The summed E-state index contributed by atoms with van der Waals surface area (Å²) < 4.78 is 11.1. The molecule has 0 amide bonds. The first-order valence-corrected chi connectivity index (χ1v) is 20.8. The van der Waals surface area contributed by atoms with Gasteiger partial charge in [-0.25, -0.2) is 0 Å². The largest absolute Gasteiger partial charge is 0.457 e. The van der Waals surface area contributed by atoms with Gasteiger partial charge in [-0.1, -0.05) is 160 Å². The molecule has 0 radical (unpaired) electrons. The molecular weight excluding hydrogens is 653 g/mol. The van der Waals surface area contributed by atoms with Crippen LogP contribution >= 0.6 is 0 Å². The van der Waals surface area contributed by atoms with Crippen LogP contribution in [-0.2, 0) is 14.3 Å². The average molecular weight is 729 g/mol. The Labute approximate surface area is 326 Å². The van der Waals surface area contributed by atoms with Crippen molar-refractivity contribution >= 4 is 5.97 Å². The molecule has 4 heteroatoms. The molecule has 0 heterocycles. The highest BCUT2D eigenvalue weighted by atomic mass is 16.6. The van der Waals surface area contributed by atoms with E-state index < -0.39 is 6.10 Å². The first-order valence-electron chi connectivity index (χ1n) is 20.8. The summed E-state index contributed by atoms with van der Waals surface area (Å²) in [6.07, 6.45) is 67.9. The molecule has 0 aliphatic carbocycles. The van der Waals surface area contributed by atoms with Crippen molar-refractivity contribution < 1.29 is 19.4 Å². The van der Waals surface area contributed by atoms with Crippen molar-refractivity contribution in [1.82, 2.24) is 0 Å². The molecule has 0 spiro atoms. The number of unbranched alkanes of at least 4 members (excludes halogenated alkanes) is 6. The van der Waals surface area contributed by atoms with Gasteiger partial charge in [-0.3, -0.25) is 4.79 Å². The molecule has 53 heavy (non-hydrogen) atoms. The molecule has 0 aromatic rings. The van der Waals surface area contributed by atoms with Crippen molar-refractivity contribution in [3.05, 3.63) is 134 Å². The third-order valence-electron chi connectivity index (χ3n) is 7.97. The van der Waals surface area contributed by atoms with Crippen molar-refractivity contribution in [1.29, 1.82) is 0 Å². The SMILES string of the molecule is CC/C=C\C/C=C\C/C=C\C/C=C\C/C=C\C/C=C\CCCCCCC(=O)OC(CO)COCCCC/C=C\C/C=C\C/C=C\C/C=C\C/C=C\CC. The number of hydrogen-bond donors (Lipinski definition) is 1. The molecule has 1 N–H and O–H groups in total. The maximum absolute atomic E-state index is 12.2. The van der Waals surface area contributed by atoms with Gasteiger partial charge < -0.3 is 14.6 Å². The molecule has 4 nitrogen and oxygen atoms in total. The van der Waals surface area contributed by atoms with Gasteiger partial charge in [0.25, 0.3) is 0 Å². The van der Waals surface area contributed by atoms with Crippen LogP contribution in [0.2, 0.25) is 0 Å². The van der Waals surface area contributed by atoms with Crippen LogP contribution in [0, 0.1) is 0 Å². The summed E-state index contributed by atoms with van der Waals surface area (Å²) >= 11 is 0. The molecule has 0 aromatic heterocycles. The number of allylic oxidation sites excluding steroid dienone is 22. The predicted octanol–water partition coefficient (Wildman–Crippen LogP) is 13.9. The first-order chi connectivity index (χ1) is 26.2. The minimum absolute atomic E-state index is 0.211. The molecule has 0 aliphatic heterocycles. The van der Waals surface area contributed by atoms with E-state index in [2.05, 4.69) is 148 Å². The normalized spacial score (nSPS) is 13.8. The number of ether oxygens (including phenoxy) is 2. The van der Waals surface area contributed by atoms with Crippen LogP contribution in [0.4, 0.5) is 0 Å². The standard InChI is InChI=1S/C49H76O4/c1-3-5-7-9-11-13-15-17-19-21-23-24-25-26-27-28-30-32-34-36-38-40-42-44-49(51)53-48(46-50)47-52-45-43-41-39-37-35-33-31-29-22-20-18-16-14-12-10-8-6-4-2/h5-8,11-14,17-20,23-24,26-27,29-32,35,37,48,50H,3-4,9-10,15-16,21-22,25,28,33-34,36,38-47H2,1-2H3/b7-5-,8-6-,13-11-,14-12-,19-17-,20-18-,24-23-,27-26-,31-29-,32-30-,37-35-. The van der Waals surface area contributed by atoms with E-state index in [1.54, 1.807) is 0 Å². The van der Waals surface area contributed by atoms with Crippen LogP contribution in [0.15, 0.2) is 134 Å². The van der Waals surface area contributed by atoms with Crippen LogP contribution in [0.3, 0.4) is 0 Å². The molecule has 1 atom stereocenters. The molecule has 1 unspecified atom stereocenters. The molecular formula is C49H76O4. The highest BCUT2D eigenvalue weighted by molar-refractivity contribution is 5.69. The van der Waals surface area contributed by atoms with E-state index in [-0.39, 0.29) is 19.2 Å². The number of rotatable bonds is 36. The lowest BCUT2D eigenvalue weighted by molar-refractivity contribution is -0.154. The number of hydrogen-bond acceptors (Lipinski definition) is 4. The maximum Gasteiger partial charge on any atom is 0.306 e. The van der Waals surface area contributed by atoms with E-state index in [0.29, 0.717) is 13.0 Å². The van der Waals surface area contributed by atoms with Crippen molar-refractivity contribution in [3.63, 3.8) is 0 Å². The molecule has 0 rings (SSSR count). The van der Waals surface area contributed by atoms with Crippen LogP contribution in [0.5, 0.6) is 0 Å². The maximum atomic E-state index is 12.2. The highest BCUT2D eigenvalue weighted by Gasteiger charge is 2.13. The van der Waals surface area contributed by atoms with Crippen molar-refractivity contribution in [3.8, 4) is 0 Å². The van der Waals surface area contributed by atoms with E-state index in [4.69, 9.17) is 9.47 Å². The van der Waals surface area contributed by atoms with Crippen LogP contribution in [0.1, 0.15) is 142 Å². The lowest BCUT2D eigenvalue weighted by Gasteiger charge is -2.15. The quantitative estimate of drug-likeness (QED) is 0.0396. The molecule has 0 aromatic carbocycles. The van der Waals surface area contributed by atoms with Crippen molar-refractivity contribution in [2.45, 2.75) is 148 Å². The minimum Gasteiger partial charge on any atom is -0.457 e. The van der Waals surface area contributed by atoms with E-state index in [1.807, 2.05) is 0 Å². The van der Waals surface area contributed by atoms with Gasteiger partial charge in [-0.05, 0) is 109 Å². The lowest BCUT2D eigenvalue weighted by atomic mass is 10.1. The third-order valence-corrected chi connectivity index (χ3v) is 7.97. The Hall–Kier alpha value is -3.47. The summed E-state index contributed by atoms with van der Waals surface area (Å²) in [7, 11) is 0. The van der Waals surface area contributed by atoms with Gasteiger partial charge in [0.05, 0.1) is 13.2 Å². The molecule has 0 saturated carbocycles. The first kappa shape index (κ1) is 49.5. The number of carbonyl (C=O) groups is 1. The van der Waals surface area contributed by atoms with Crippen LogP contribution in [-0.4, -0.2) is 37.0 Å². The Morgan fingerprint density at radius 1 is 0.453 bits per heavy atom. The summed E-state index contributed by atoms with van der Waals surface area (Å²) in [4.78, 5) is 12.2. The second-order valence-electron chi connectivity index (χ2n) is 12.9. The smallest absolute Gasteiger partial charge is 0.306 e. The zero-order chi connectivity index (χ0) is 38.4. The van der Waals surface area contributed by atoms with Crippen LogP contribution < -0.4 is 0 Å². The second kappa shape index (κ2) is 44.7. The fourth-order valence-corrected chi connectivity index (χ4v) is 4.94. The molecule has 0 fully saturated rings. The van der Waals surface area contributed by atoms with Gasteiger partial charge in [-0.2, -0.15) is 0 Å². The van der Waals surface area contributed by atoms with Crippen LogP contribution in [0.25, 0.3) is 0 Å². The Morgan fingerprint density at radius 2 is 0.792 bits per heavy atom. The fourth-order valence-electron chi connectivity index (χ4n) is 4.94. The summed E-state index contributed by atoms with van der Waals surface area (Å²) in [6, 6.07) is 0. The van der Waals surface area contributed by atoms with Crippen molar-refractivity contribution in [2.24, 2.45) is 0 Å². The minimum atomic E-state index is -0.582. The lowest BCUT2D eigenvalue weighted by Crippen LogP contribution is -2.27. The van der Waals surface area contributed by atoms with Crippen molar-refractivity contribution in [2.75, 3.05) is 19.8 Å². The predicted molar refractivity (Wildman–Crippen MR) is 232 cm³/mol. The molecule has 0 bridgehead atoms. The summed E-state index contributed by atoms with van der Waals surface area (Å²) in [5.41, 5.74) is 0. The molecule has 296 valence electrons. The topological polar surface area (TPSA) is 55.8 Å². The number of carbonyl (C=O) groups excluding carboxylic acids is 1. The van der Waals surface area contributed by atoms with E-state index in [1.165, 1.54) is 0 Å². The fraction of sp³-hybridized carbons (Fsp3) is 0.531. The second-order valence-corrected chi connectivity index (χ2v) is 12.9. The molecule has 0 saturated heterocycles. The number of aliphatic hydroxyl groups is 1. The Balaban J connectivity index is 3.66. The van der Waals surface area contributed by atoms with Gasteiger partial charge in [0, 0.05) is 13.0 Å². The van der Waals surface area contributed by atoms with Gasteiger partial charge in [0.2, 0.25) is 0 Å². The van der Waals surface area contributed by atoms with Gasteiger partial charge >= 0.3 is 5.97 Å². The van der Waals surface area contributed by atoms with Gasteiger partial charge in [-0.15, -0.1) is 0 Å². The monoisotopic (exact) mass is 729 g/mol. The summed E-state index contributed by atoms with van der Waals surface area (Å²) in [5, 5.41) is 9.59. The highest BCUT2D eigenvalue weighted by Crippen LogP contribution is 2.09. The molecule has 0 aliphatic rings. The number of aliphatic hydroxyl groups excluding tert-OH is 1. The van der Waals surface area contributed by atoms with Gasteiger partial charge in [0.1, 0.15) is 6.10 Å².